The molecule has 3 aromatic rings. The second kappa shape index (κ2) is 9.91. The van der Waals surface area contributed by atoms with Gasteiger partial charge in [-0.25, -0.2) is 0 Å². The zero-order valence-electron chi connectivity index (χ0n) is 17.3. The van der Waals surface area contributed by atoms with Crippen LogP contribution in [-0.2, 0) is 14.3 Å². The predicted molar refractivity (Wildman–Crippen MR) is 120 cm³/mol. The lowest BCUT2D eigenvalue weighted by Crippen LogP contribution is -2.48. The fourth-order valence-electron chi connectivity index (χ4n) is 3.64. The smallest absolute Gasteiger partial charge is 0.262 e. The molecule has 162 valence electrons. The van der Waals surface area contributed by atoms with Gasteiger partial charge in [-0.05, 0) is 41.6 Å². The molecule has 0 radical (unpaired) electrons. The van der Waals surface area contributed by atoms with Gasteiger partial charge in [0, 0.05) is 12.0 Å². The third-order valence-corrected chi connectivity index (χ3v) is 6.04. The first-order valence-corrected chi connectivity index (χ1v) is 10.8. The number of imide groups is 1. The minimum absolute atomic E-state index is 0.109. The number of hydrogen-bond donors (Lipinski definition) is 0. The Hall–Kier alpha value is -3.26. The van der Waals surface area contributed by atoms with Crippen LogP contribution in [0, 0.1) is 0 Å². The van der Waals surface area contributed by atoms with Gasteiger partial charge in [-0.1, -0.05) is 60.7 Å². The maximum absolute atomic E-state index is 13.6. The van der Waals surface area contributed by atoms with Crippen LogP contribution in [0.2, 0.25) is 0 Å². The van der Waals surface area contributed by atoms with Crippen molar-refractivity contribution in [3.63, 3.8) is 0 Å². The van der Waals surface area contributed by atoms with Gasteiger partial charge in [0.15, 0.2) is 0 Å². The van der Waals surface area contributed by atoms with E-state index in [1.807, 2.05) is 36.4 Å². The number of methoxy groups -OCH3 is 1. The lowest BCUT2D eigenvalue weighted by molar-refractivity contribution is -0.127. The first kappa shape index (κ1) is 22.0. The van der Waals surface area contributed by atoms with E-state index in [-0.39, 0.29) is 23.0 Å². The summed E-state index contributed by atoms with van der Waals surface area (Å²) in [6.45, 7) is -0.109. The standard InChI is InChI=1S/C25H21NO5S/c1-30-16-31-22(17-10-4-2-5-11-17)21(25(29)32-18-12-6-3-7-13-18)26-23(27)19-14-8-9-15-20(19)24(26)28/h2-15,21-22H,16H2,1H3/t21-,22+/m1/s1. The first-order valence-electron chi connectivity index (χ1n) is 10.0. The average Bonchev–Trinajstić information content (AvgIpc) is 3.08. The first-order chi connectivity index (χ1) is 15.6. The number of carbonyl (C=O) groups excluding carboxylic acids is 3. The minimum Gasteiger partial charge on any atom is -0.359 e. The summed E-state index contributed by atoms with van der Waals surface area (Å²) in [5, 5.41) is -0.379. The van der Waals surface area contributed by atoms with Crippen molar-refractivity contribution in [1.82, 2.24) is 4.90 Å². The molecule has 32 heavy (non-hydrogen) atoms. The molecule has 0 saturated heterocycles. The zero-order chi connectivity index (χ0) is 22.5. The van der Waals surface area contributed by atoms with Crippen LogP contribution in [0.1, 0.15) is 32.4 Å². The van der Waals surface area contributed by atoms with Gasteiger partial charge in [-0.2, -0.15) is 0 Å². The highest BCUT2D eigenvalue weighted by Gasteiger charge is 2.47. The van der Waals surface area contributed by atoms with Crippen molar-refractivity contribution in [2.45, 2.75) is 17.0 Å². The quantitative estimate of drug-likeness (QED) is 0.291. The highest BCUT2D eigenvalue weighted by Crippen LogP contribution is 2.36. The molecule has 0 fully saturated rings. The van der Waals surface area contributed by atoms with Crippen molar-refractivity contribution in [1.29, 1.82) is 0 Å². The maximum atomic E-state index is 13.6. The van der Waals surface area contributed by atoms with E-state index in [0.717, 1.165) is 16.7 Å². The molecule has 0 N–H and O–H groups in total. The van der Waals surface area contributed by atoms with Gasteiger partial charge in [0.2, 0.25) is 5.12 Å². The molecule has 6 nitrogen and oxygen atoms in total. The Morgan fingerprint density at radius 3 is 1.94 bits per heavy atom. The van der Waals surface area contributed by atoms with Gasteiger partial charge in [0.1, 0.15) is 18.9 Å². The molecular weight excluding hydrogens is 426 g/mol. The van der Waals surface area contributed by atoms with Crippen LogP contribution >= 0.6 is 11.8 Å². The van der Waals surface area contributed by atoms with Crippen molar-refractivity contribution in [3.05, 3.63) is 102 Å². The third-order valence-electron chi connectivity index (χ3n) is 5.09. The Bertz CT molecular complexity index is 1080. The molecule has 0 aromatic heterocycles. The molecule has 2 atom stereocenters. The van der Waals surface area contributed by atoms with Crippen molar-refractivity contribution in [3.8, 4) is 0 Å². The molecule has 1 heterocycles. The number of ether oxygens (including phenoxy) is 2. The second-order valence-electron chi connectivity index (χ2n) is 7.11. The van der Waals surface area contributed by atoms with Crippen LogP contribution in [0.5, 0.6) is 0 Å². The summed E-state index contributed by atoms with van der Waals surface area (Å²) in [6, 6.07) is 23.5. The van der Waals surface area contributed by atoms with Crippen molar-refractivity contribution in [2.24, 2.45) is 0 Å². The molecule has 0 unspecified atom stereocenters. The SMILES string of the molecule is COCO[C@@H](c1ccccc1)[C@H](C(=O)Sc1ccccc1)N1C(=O)c2ccccc2C1=O. The van der Waals surface area contributed by atoms with Crippen LogP contribution in [0.15, 0.2) is 89.8 Å². The minimum atomic E-state index is -1.19. The molecule has 0 aliphatic carbocycles. The summed E-state index contributed by atoms with van der Waals surface area (Å²) < 4.78 is 11.0. The number of amides is 2. The molecule has 4 rings (SSSR count). The molecule has 0 spiro atoms. The molecule has 0 saturated carbocycles. The third kappa shape index (κ3) is 4.36. The van der Waals surface area contributed by atoms with E-state index in [0.29, 0.717) is 10.5 Å². The van der Waals surface area contributed by atoms with E-state index in [2.05, 4.69) is 0 Å². The maximum Gasteiger partial charge on any atom is 0.262 e. The molecule has 1 aliphatic rings. The Labute approximate surface area is 190 Å². The predicted octanol–water partition coefficient (Wildman–Crippen LogP) is 4.33. The van der Waals surface area contributed by atoms with Crippen molar-refractivity contribution in [2.75, 3.05) is 13.9 Å². The normalized spacial score (nSPS) is 14.8. The number of fused-ring (bicyclic) bond motifs is 1. The Morgan fingerprint density at radius 2 is 1.38 bits per heavy atom. The molecule has 3 aromatic carbocycles. The Balaban J connectivity index is 1.78. The lowest BCUT2D eigenvalue weighted by Gasteiger charge is -2.32. The molecule has 7 heteroatoms. The Morgan fingerprint density at radius 1 is 0.844 bits per heavy atom. The fourth-order valence-corrected chi connectivity index (χ4v) is 4.52. The number of thioether (sulfide) groups is 1. The van der Waals surface area contributed by atoms with Crippen LogP contribution < -0.4 is 0 Å². The molecular formula is C25H21NO5S. The number of hydrogen-bond acceptors (Lipinski definition) is 6. The zero-order valence-corrected chi connectivity index (χ0v) is 18.2. The summed E-state index contributed by atoms with van der Waals surface area (Å²) >= 11 is 0.972. The second-order valence-corrected chi connectivity index (χ2v) is 8.19. The average molecular weight is 448 g/mol. The van der Waals surface area contributed by atoms with Gasteiger partial charge < -0.3 is 9.47 Å². The van der Waals surface area contributed by atoms with Crippen molar-refractivity contribution < 1.29 is 23.9 Å². The van der Waals surface area contributed by atoms with Gasteiger partial charge in [0.05, 0.1) is 11.1 Å². The van der Waals surface area contributed by atoms with Gasteiger partial charge in [-0.3, -0.25) is 19.3 Å². The van der Waals surface area contributed by atoms with E-state index in [1.54, 1.807) is 48.5 Å². The summed E-state index contributed by atoms with van der Waals surface area (Å²) in [5.41, 5.74) is 1.21. The summed E-state index contributed by atoms with van der Waals surface area (Å²) in [7, 11) is 1.47. The van der Waals surface area contributed by atoms with Crippen LogP contribution in [0.25, 0.3) is 0 Å². The number of benzene rings is 3. The highest BCUT2D eigenvalue weighted by molar-refractivity contribution is 8.13. The Kier molecular flexibility index (Phi) is 6.80. The number of nitrogens with zero attached hydrogens (tertiary/aromatic N) is 1. The van der Waals surface area contributed by atoms with Gasteiger partial charge in [0.25, 0.3) is 11.8 Å². The summed E-state index contributed by atoms with van der Waals surface area (Å²) in [6.07, 6.45) is -0.901. The van der Waals surface area contributed by atoms with Crippen LogP contribution in [-0.4, -0.2) is 41.8 Å². The summed E-state index contributed by atoms with van der Waals surface area (Å²) in [5.74, 6) is -1.03. The van der Waals surface area contributed by atoms with Crippen LogP contribution in [0.4, 0.5) is 0 Å². The highest BCUT2D eigenvalue weighted by atomic mass is 32.2. The lowest BCUT2D eigenvalue weighted by atomic mass is 10.0. The fraction of sp³-hybridized carbons (Fsp3) is 0.160. The molecule has 1 aliphatic heterocycles. The number of carbonyl (C=O) groups is 3. The van der Waals surface area contributed by atoms with Crippen molar-refractivity contribution >= 4 is 28.7 Å². The van der Waals surface area contributed by atoms with Crippen LogP contribution in [0.3, 0.4) is 0 Å². The van der Waals surface area contributed by atoms with E-state index < -0.39 is 24.0 Å². The largest absolute Gasteiger partial charge is 0.359 e. The molecule has 0 bridgehead atoms. The monoisotopic (exact) mass is 447 g/mol. The summed E-state index contributed by atoms with van der Waals surface area (Å²) in [4.78, 5) is 41.9. The van der Waals surface area contributed by atoms with E-state index in [1.165, 1.54) is 7.11 Å². The molecule has 2 amide bonds. The van der Waals surface area contributed by atoms with E-state index >= 15 is 0 Å². The van der Waals surface area contributed by atoms with E-state index in [4.69, 9.17) is 9.47 Å². The van der Waals surface area contributed by atoms with Gasteiger partial charge >= 0.3 is 0 Å². The number of rotatable bonds is 8. The topological polar surface area (TPSA) is 72.9 Å². The van der Waals surface area contributed by atoms with Gasteiger partial charge in [-0.15, -0.1) is 0 Å². The van der Waals surface area contributed by atoms with E-state index in [9.17, 15) is 14.4 Å².